The number of morpholine rings is 1. The zero-order valence-electron chi connectivity index (χ0n) is 20.2. The predicted molar refractivity (Wildman–Crippen MR) is 144 cm³/mol. The minimum atomic E-state index is -0.935. The van der Waals surface area contributed by atoms with E-state index in [4.69, 9.17) is 4.74 Å². The van der Waals surface area contributed by atoms with Crippen molar-refractivity contribution in [2.75, 3.05) is 50.1 Å². The molecule has 1 aliphatic rings. The summed E-state index contributed by atoms with van der Waals surface area (Å²) in [5.74, 6) is 0.793. The number of carbonyl (C=O) groups is 1. The number of anilines is 2. The summed E-state index contributed by atoms with van der Waals surface area (Å²) in [6, 6.07) is 16.6. The molecule has 0 bridgehead atoms. The lowest BCUT2D eigenvalue weighted by Crippen LogP contribution is -2.36. The Bertz CT molecular complexity index is 1350. The van der Waals surface area contributed by atoms with Gasteiger partial charge in [0.2, 0.25) is 0 Å². The van der Waals surface area contributed by atoms with Gasteiger partial charge in [0.15, 0.2) is 5.82 Å². The second-order valence-electron chi connectivity index (χ2n) is 8.84. The minimum absolute atomic E-state index is 0.352. The number of nitrogens with one attached hydrogen (secondary N) is 1. The van der Waals surface area contributed by atoms with E-state index in [0.29, 0.717) is 6.54 Å². The molecule has 0 saturated carbocycles. The lowest BCUT2D eigenvalue weighted by Gasteiger charge is -2.29. The zero-order chi connectivity index (χ0) is 24.9. The third kappa shape index (κ3) is 5.42. The van der Waals surface area contributed by atoms with Crippen LogP contribution in [-0.2, 0) is 17.7 Å². The molecule has 2 aromatic heterocycles. The number of aromatic nitrogens is 2. The van der Waals surface area contributed by atoms with Crippen molar-refractivity contribution in [2.24, 2.45) is 0 Å². The van der Waals surface area contributed by atoms with Crippen LogP contribution in [0.15, 0.2) is 60.1 Å². The summed E-state index contributed by atoms with van der Waals surface area (Å²) in [6.07, 6.45) is 1.72. The first-order valence-electron chi connectivity index (χ1n) is 12.0. The number of carboxylic acid groups (broad SMARTS) is 1. The summed E-state index contributed by atoms with van der Waals surface area (Å²) < 4.78 is 5.49. The third-order valence-electron chi connectivity index (χ3n) is 6.40. The Morgan fingerprint density at radius 1 is 1.19 bits per heavy atom. The Labute approximate surface area is 214 Å². The average Bonchev–Trinajstić information content (AvgIpc) is 3.38. The fourth-order valence-corrected chi connectivity index (χ4v) is 5.32. The van der Waals surface area contributed by atoms with E-state index in [1.54, 1.807) is 24.6 Å². The largest absolute Gasteiger partial charge is 0.465 e. The molecule has 0 atom stereocenters. The molecule has 1 fully saturated rings. The Hall–Kier alpha value is -3.69. The summed E-state index contributed by atoms with van der Waals surface area (Å²) in [5, 5.41) is 25.6. The first-order valence-corrected chi connectivity index (χ1v) is 12.9. The van der Waals surface area contributed by atoms with Crippen molar-refractivity contribution in [3.05, 3.63) is 70.5 Å². The third-order valence-corrected chi connectivity index (χ3v) is 7.40. The van der Waals surface area contributed by atoms with Gasteiger partial charge in [-0.05, 0) is 46.7 Å². The van der Waals surface area contributed by atoms with E-state index in [0.717, 1.165) is 72.5 Å². The fraction of sp³-hybridized carbons (Fsp3) is 0.296. The van der Waals surface area contributed by atoms with E-state index < -0.39 is 6.09 Å². The molecule has 2 aromatic carbocycles. The smallest absolute Gasteiger partial charge is 0.407 e. The van der Waals surface area contributed by atoms with Crippen molar-refractivity contribution in [1.29, 1.82) is 0 Å². The predicted octanol–water partition coefficient (Wildman–Crippen LogP) is 4.96. The van der Waals surface area contributed by atoms with Crippen molar-refractivity contribution in [3.8, 4) is 11.1 Å². The molecule has 0 spiro atoms. The number of thiophene rings is 1. The SMILES string of the molecule is CN(Cc1ccccc1-c1csc(CCNc2nncc3ccc(N4CCOCC4)cc23)c1)C(=O)O. The van der Waals surface area contributed by atoms with Gasteiger partial charge >= 0.3 is 6.09 Å². The molecule has 0 unspecified atom stereocenters. The van der Waals surface area contributed by atoms with Gasteiger partial charge in [0.1, 0.15) is 0 Å². The molecule has 186 valence electrons. The van der Waals surface area contributed by atoms with E-state index in [1.807, 2.05) is 24.3 Å². The van der Waals surface area contributed by atoms with E-state index in [9.17, 15) is 9.90 Å². The maximum absolute atomic E-state index is 11.3. The molecule has 1 saturated heterocycles. The Morgan fingerprint density at radius 2 is 2.03 bits per heavy atom. The monoisotopic (exact) mass is 503 g/mol. The number of fused-ring (bicyclic) bond motifs is 1. The maximum Gasteiger partial charge on any atom is 0.407 e. The number of benzene rings is 2. The van der Waals surface area contributed by atoms with Crippen LogP contribution in [0, 0.1) is 0 Å². The molecule has 9 heteroatoms. The lowest BCUT2D eigenvalue weighted by atomic mass is 10.0. The van der Waals surface area contributed by atoms with Gasteiger partial charge in [-0.2, -0.15) is 5.10 Å². The van der Waals surface area contributed by atoms with E-state index >= 15 is 0 Å². The Morgan fingerprint density at radius 3 is 2.86 bits per heavy atom. The van der Waals surface area contributed by atoms with Gasteiger partial charge in [-0.15, -0.1) is 16.4 Å². The molecule has 8 nitrogen and oxygen atoms in total. The molecule has 5 rings (SSSR count). The highest BCUT2D eigenvalue weighted by Crippen LogP contribution is 2.30. The zero-order valence-corrected chi connectivity index (χ0v) is 21.0. The van der Waals surface area contributed by atoms with Gasteiger partial charge in [-0.3, -0.25) is 0 Å². The Kier molecular flexibility index (Phi) is 7.29. The number of rotatable bonds is 8. The molecule has 1 amide bonds. The van der Waals surface area contributed by atoms with Gasteiger partial charge in [0, 0.05) is 54.6 Å². The highest BCUT2D eigenvalue weighted by molar-refractivity contribution is 7.10. The highest BCUT2D eigenvalue weighted by atomic mass is 32.1. The van der Waals surface area contributed by atoms with Gasteiger partial charge < -0.3 is 25.0 Å². The normalized spacial score (nSPS) is 13.6. The summed E-state index contributed by atoms with van der Waals surface area (Å²) >= 11 is 1.71. The van der Waals surface area contributed by atoms with Crippen LogP contribution in [0.25, 0.3) is 21.9 Å². The lowest BCUT2D eigenvalue weighted by molar-refractivity contribution is 0.122. The molecule has 36 heavy (non-hydrogen) atoms. The first kappa shape index (κ1) is 24.0. The topological polar surface area (TPSA) is 90.8 Å². The molecular formula is C27H29N5O3S. The van der Waals surface area contributed by atoms with Crippen molar-refractivity contribution < 1.29 is 14.6 Å². The van der Waals surface area contributed by atoms with Crippen LogP contribution in [0.1, 0.15) is 10.4 Å². The van der Waals surface area contributed by atoms with Crippen LogP contribution in [0.3, 0.4) is 0 Å². The van der Waals surface area contributed by atoms with Crippen LogP contribution in [0.5, 0.6) is 0 Å². The van der Waals surface area contributed by atoms with Gasteiger partial charge in [0.25, 0.3) is 0 Å². The number of amides is 1. The first-order chi connectivity index (χ1) is 17.6. The summed E-state index contributed by atoms with van der Waals surface area (Å²) in [7, 11) is 1.59. The van der Waals surface area contributed by atoms with Crippen LogP contribution >= 0.6 is 11.3 Å². The molecule has 2 N–H and O–H groups in total. The van der Waals surface area contributed by atoms with Gasteiger partial charge in [-0.1, -0.05) is 30.3 Å². The quantitative estimate of drug-likeness (QED) is 0.351. The number of hydrogen-bond acceptors (Lipinski definition) is 7. The van der Waals surface area contributed by atoms with Crippen molar-refractivity contribution in [2.45, 2.75) is 13.0 Å². The van der Waals surface area contributed by atoms with E-state index in [-0.39, 0.29) is 0 Å². The van der Waals surface area contributed by atoms with Crippen molar-refractivity contribution >= 4 is 39.7 Å². The highest BCUT2D eigenvalue weighted by Gasteiger charge is 2.14. The molecule has 3 heterocycles. The van der Waals surface area contributed by atoms with Crippen LogP contribution in [-0.4, -0.2) is 66.2 Å². The minimum Gasteiger partial charge on any atom is -0.465 e. The van der Waals surface area contributed by atoms with Crippen LogP contribution in [0.2, 0.25) is 0 Å². The number of hydrogen-bond donors (Lipinski definition) is 2. The van der Waals surface area contributed by atoms with Gasteiger partial charge in [0.05, 0.1) is 19.4 Å². The molecule has 4 aromatic rings. The number of ether oxygens (including phenoxy) is 1. The van der Waals surface area contributed by atoms with Crippen molar-refractivity contribution in [3.63, 3.8) is 0 Å². The maximum atomic E-state index is 11.3. The molecule has 0 aliphatic carbocycles. The molecule has 1 aliphatic heterocycles. The fourth-order valence-electron chi connectivity index (χ4n) is 4.43. The van der Waals surface area contributed by atoms with Crippen molar-refractivity contribution in [1.82, 2.24) is 15.1 Å². The standard InChI is InChI=1S/C27H29N5O3S/c1-31(27(33)34)17-20-4-2-3-5-24(20)21-14-23(36-18-21)8-9-28-26-25-15-22(32-10-12-35-13-11-32)7-6-19(25)16-29-30-26/h2-7,14-16,18H,8-13,17H2,1H3,(H,28,30)(H,33,34). The number of nitrogens with zero attached hydrogens (tertiary/aromatic N) is 4. The van der Waals surface area contributed by atoms with Crippen LogP contribution in [0.4, 0.5) is 16.3 Å². The second-order valence-corrected chi connectivity index (χ2v) is 9.83. The molecular weight excluding hydrogens is 474 g/mol. The Balaban J connectivity index is 1.27. The second kappa shape index (κ2) is 10.9. The van der Waals surface area contributed by atoms with E-state index in [1.165, 1.54) is 15.5 Å². The van der Waals surface area contributed by atoms with Gasteiger partial charge in [-0.25, -0.2) is 4.79 Å². The summed E-state index contributed by atoms with van der Waals surface area (Å²) in [4.78, 5) is 16.2. The van der Waals surface area contributed by atoms with E-state index in [2.05, 4.69) is 50.1 Å². The molecule has 0 radical (unpaired) electrons. The summed E-state index contributed by atoms with van der Waals surface area (Å²) in [6.45, 7) is 4.37. The average molecular weight is 504 g/mol. The summed E-state index contributed by atoms with van der Waals surface area (Å²) in [5.41, 5.74) is 4.35. The van der Waals surface area contributed by atoms with Crippen LogP contribution < -0.4 is 10.2 Å².